The average molecular weight is 127 g/mol. The number of rotatable bonds is 2. The maximum Gasteiger partial charge on any atom is 0.113 e. The zero-order chi connectivity index (χ0) is 6.69. The number of hydrazone groups is 1. The molecule has 52 valence electrons. The van der Waals surface area contributed by atoms with Crippen LogP contribution in [-0.2, 0) is 0 Å². The minimum atomic E-state index is 0.952. The first-order valence-corrected chi connectivity index (χ1v) is 3.32. The molecular formula is C6H13N3. The van der Waals surface area contributed by atoms with Gasteiger partial charge in [0.25, 0.3) is 0 Å². The molecule has 0 N–H and O–H groups in total. The average Bonchev–Trinajstić information content (AvgIpc) is 2.17. The molecule has 0 aromatic rings. The summed E-state index contributed by atoms with van der Waals surface area (Å²) in [6.07, 6.45) is 3.09. The van der Waals surface area contributed by atoms with Crippen molar-refractivity contribution < 1.29 is 0 Å². The second kappa shape index (κ2) is 2.71. The van der Waals surface area contributed by atoms with Crippen molar-refractivity contribution in [2.75, 3.05) is 20.3 Å². The SMILES string of the molecule is CCCN1C=NN(C)C1. The summed E-state index contributed by atoms with van der Waals surface area (Å²) in [5, 5.41) is 6.00. The lowest BCUT2D eigenvalue weighted by molar-refractivity contribution is 0.278. The van der Waals surface area contributed by atoms with Crippen LogP contribution in [0.15, 0.2) is 5.10 Å². The summed E-state index contributed by atoms with van der Waals surface area (Å²) in [6, 6.07) is 0. The molecule has 1 aliphatic heterocycles. The van der Waals surface area contributed by atoms with E-state index < -0.39 is 0 Å². The quantitative estimate of drug-likeness (QED) is 0.539. The van der Waals surface area contributed by atoms with Crippen molar-refractivity contribution in [1.82, 2.24) is 9.91 Å². The molecule has 0 aromatic heterocycles. The Bertz CT molecular complexity index is 111. The fraction of sp³-hybridized carbons (Fsp3) is 0.833. The van der Waals surface area contributed by atoms with E-state index in [-0.39, 0.29) is 0 Å². The number of nitrogens with zero attached hydrogens (tertiary/aromatic N) is 3. The Hall–Kier alpha value is -0.730. The van der Waals surface area contributed by atoms with E-state index in [2.05, 4.69) is 16.9 Å². The van der Waals surface area contributed by atoms with E-state index in [0.717, 1.165) is 13.2 Å². The fourth-order valence-corrected chi connectivity index (χ4v) is 0.913. The van der Waals surface area contributed by atoms with Crippen molar-refractivity contribution in [1.29, 1.82) is 0 Å². The van der Waals surface area contributed by atoms with Crippen LogP contribution in [0.5, 0.6) is 0 Å². The third-order valence-electron chi connectivity index (χ3n) is 1.31. The van der Waals surface area contributed by atoms with Gasteiger partial charge in [0.2, 0.25) is 0 Å². The Morgan fingerprint density at radius 2 is 2.44 bits per heavy atom. The molecule has 0 unspecified atom stereocenters. The Morgan fingerprint density at radius 3 is 2.89 bits per heavy atom. The molecule has 0 saturated heterocycles. The first kappa shape index (κ1) is 6.39. The van der Waals surface area contributed by atoms with Gasteiger partial charge in [-0.2, -0.15) is 5.10 Å². The highest BCUT2D eigenvalue weighted by molar-refractivity contribution is 5.55. The molecule has 0 fully saturated rings. The summed E-state index contributed by atoms with van der Waals surface area (Å²) in [5.74, 6) is 0. The lowest BCUT2D eigenvalue weighted by Crippen LogP contribution is -2.24. The van der Waals surface area contributed by atoms with Crippen molar-refractivity contribution in [3.05, 3.63) is 0 Å². The molecule has 3 heteroatoms. The van der Waals surface area contributed by atoms with Crippen LogP contribution in [0.3, 0.4) is 0 Å². The Labute approximate surface area is 55.9 Å². The first-order chi connectivity index (χ1) is 4.33. The summed E-state index contributed by atoms with van der Waals surface area (Å²) < 4.78 is 0. The van der Waals surface area contributed by atoms with Gasteiger partial charge in [0.1, 0.15) is 13.0 Å². The summed E-state index contributed by atoms with van der Waals surface area (Å²) in [6.45, 7) is 4.24. The van der Waals surface area contributed by atoms with Crippen LogP contribution in [0.1, 0.15) is 13.3 Å². The largest absolute Gasteiger partial charge is 0.342 e. The highest BCUT2D eigenvalue weighted by Gasteiger charge is 2.06. The molecule has 0 aliphatic carbocycles. The van der Waals surface area contributed by atoms with Gasteiger partial charge in [0.05, 0.1) is 0 Å². The number of hydrogen-bond acceptors (Lipinski definition) is 3. The van der Waals surface area contributed by atoms with E-state index in [1.54, 1.807) is 0 Å². The maximum absolute atomic E-state index is 4.07. The fourth-order valence-electron chi connectivity index (χ4n) is 0.913. The van der Waals surface area contributed by atoms with E-state index in [1.807, 2.05) is 18.4 Å². The summed E-state index contributed by atoms with van der Waals surface area (Å²) in [5.41, 5.74) is 0. The monoisotopic (exact) mass is 127 g/mol. The van der Waals surface area contributed by atoms with E-state index in [4.69, 9.17) is 0 Å². The summed E-state index contributed by atoms with van der Waals surface area (Å²) >= 11 is 0. The van der Waals surface area contributed by atoms with Crippen LogP contribution in [-0.4, -0.2) is 36.5 Å². The third-order valence-corrected chi connectivity index (χ3v) is 1.31. The van der Waals surface area contributed by atoms with Gasteiger partial charge in [-0.1, -0.05) is 6.92 Å². The highest BCUT2D eigenvalue weighted by Crippen LogP contribution is 1.97. The van der Waals surface area contributed by atoms with Gasteiger partial charge in [-0.3, -0.25) is 5.01 Å². The van der Waals surface area contributed by atoms with Gasteiger partial charge < -0.3 is 4.90 Å². The molecule has 0 amide bonds. The van der Waals surface area contributed by atoms with Gasteiger partial charge in [-0.25, -0.2) is 0 Å². The van der Waals surface area contributed by atoms with Crippen LogP contribution in [0.4, 0.5) is 0 Å². The molecule has 1 rings (SSSR count). The molecule has 9 heavy (non-hydrogen) atoms. The second-order valence-electron chi connectivity index (χ2n) is 2.34. The van der Waals surface area contributed by atoms with Gasteiger partial charge in [0, 0.05) is 13.6 Å². The Balaban J connectivity index is 2.24. The smallest absolute Gasteiger partial charge is 0.113 e. The van der Waals surface area contributed by atoms with Crippen molar-refractivity contribution >= 4 is 6.34 Å². The van der Waals surface area contributed by atoms with Crippen molar-refractivity contribution in [2.45, 2.75) is 13.3 Å². The van der Waals surface area contributed by atoms with Crippen molar-refractivity contribution in [2.24, 2.45) is 5.10 Å². The molecule has 0 radical (unpaired) electrons. The summed E-state index contributed by atoms with van der Waals surface area (Å²) in [4.78, 5) is 2.19. The van der Waals surface area contributed by atoms with Gasteiger partial charge in [-0.05, 0) is 6.42 Å². The van der Waals surface area contributed by atoms with Crippen LogP contribution in [0, 0.1) is 0 Å². The molecule has 3 nitrogen and oxygen atoms in total. The van der Waals surface area contributed by atoms with Gasteiger partial charge in [0.15, 0.2) is 0 Å². The Kier molecular flexibility index (Phi) is 1.92. The number of hydrogen-bond donors (Lipinski definition) is 0. The second-order valence-corrected chi connectivity index (χ2v) is 2.34. The highest BCUT2D eigenvalue weighted by atomic mass is 15.6. The van der Waals surface area contributed by atoms with Crippen LogP contribution >= 0.6 is 0 Å². The lowest BCUT2D eigenvalue weighted by atomic mass is 10.4. The van der Waals surface area contributed by atoms with Gasteiger partial charge in [-0.15, -0.1) is 0 Å². The van der Waals surface area contributed by atoms with E-state index in [0.29, 0.717) is 0 Å². The Morgan fingerprint density at radius 1 is 1.67 bits per heavy atom. The lowest BCUT2D eigenvalue weighted by Gasteiger charge is -2.13. The predicted octanol–water partition coefficient (Wildman–Crippen LogP) is 0.545. The molecule has 1 heterocycles. The zero-order valence-electron chi connectivity index (χ0n) is 6.04. The van der Waals surface area contributed by atoms with Gasteiger partial charge >= 0.3 is 0 Å². The predicted molar refractivity (Wildman–Crippen MR) is 38.1 cm³/mol. The standard InChI is InChI=1S/C6H13N3/c1-3-4-9-5-7-8(2)6-9/h5H,3-4,6H2,1-2H3. The van der Waals surface area contributed by atoms with Crippen LogP contribution in [0.2, 0.25) is 0 Å². The van der Waals surface area contributed by atoms with E-state index in [1.165, 1.54) is 6.42 Å². The molecular weight excluding hydrogens is 114 g/mol. The van der Waals surface area contributed by atoms with Crippen LogP contribution in [0.25, 0.3) is 0 Å². The molecule has 1 aliphatic rings. The van der Waals surface area contributed by atoms with Crippen molar-refractivity contribution in [3.8, 4) is 0 Å². The molecule has 0 atom stereocenters. The third kappa shape index (κ3) is 1.59. The van der Waals surface area contributed by atoms with E-state index in [9.17, 15) is 0 Å². The molecule has 0 aromatic carbocycles. The minimum Gasteiger partial charge on any atom is -0.342 e. The van der Waals surface area contributed by atoms with E-state index >= 15 is 0 Å². The topological polar surface area (TPSA) is 18.8 Å². The van der Waals surface area contributed by atoms with Crippen LogP contribution < -0.4 is 0 Å². The van der Waals surface area contributed by atoms with Crippen molar-refractivity contribution in [3.63, 3.8) is 0 Å². The maximum atomic E-state index is 4.07. The molecule has 0 bridgehead atoms. The minimum absolute atomic E-state index is 0.952. The first-order valence-electron chi connectivity index (χ1n) is 3.32. The molecule has 0 spiro atoms. The normalized spacial score (nSPS) is 17.6. The zero-order valence-corrected chi connectivity index (χ0v) is 6.04. The summed E-state index contributed by atoms with van der Waals surface area (Å²) in [7, 11) is 1.98. The molecule has 0 saturated carbocycles.